The zero-order valence-corrected chi connectivity index (χ0v) is 7.88. The van der Waals surface area contributed by atoms with Crippen LogP contribution >= 0.6 is 11.3 Å². The minimum Gasteiger partial charge on any atom is -0.166 e. The van der Waals surface area contributed by atoms with E-state index in [1.807, 2.05) is 0 Å². The maximum absolute atomic E-state index is 12.3. The number of benzene rings is 1. The normalized spacial score (nSPS) is 12.3. The Balaban J connectivity index is 2.63. The van der Waals surface area contributed by atoms with E-state index in [9.17, 15) is 13.2 Å². The molecule has 1 aromatic heterocycles. The Kier molecular flexibility index (Phi) is 2.03. The van der Waals surface area contributed by atoms with Gasteiger partial charge in [-0.1, -0.05) is 6.07 Å². The van der Waals surface area contributed by atoms with Crippen LogP contribution in [0.15, 0.2) is 23.6 Å². The summed E-state index contributed by atoms with van der Waals surface area (Å²) < 4.78 is 36.9. The van der Waals surface area contributed by atoms with Gasteiger partial charge in [0, 0.05) is 4.88 Å². The molecule has 1 heterocycles. The van der Waals surface area contributed by atoms with E-state index in [4.69, 9.17) is 0 Å². The second-order valence-electron chi connectivity index (χ2n) is 2.96. The van der Waals surface area contributed by atoms with Gasteiger partial charge in [0.05, 0.1) is 5.56 Å². The number of thiophene rings is 1. The lowest BCUT2D eigenvalue weighted by atomic mass is 10.1. The van der Waals surface area contributed by atoms with Gasteiger partial charge in [-0.25, -0.2) is 0 Å². The van der Waals surface area contributed by atoms with E-state index in [-0.39, 0.29) is 0 Å². The molecule has 2 aromatic rings. The van der Waals surface area contributed by atoms with E-state index in [0.29, 0.717) is 5.39 Å². The van der Waals surface area contributed by atoms with E-state index < -0.39 is 11.7 Å². The summed E-state index contributed by atoms with van der Waals surface area (Å²) in [6.45, 7) is 3.74. The lowest BCUT2D eigenvalue weighted by Crippen LogP contribution is -2.03. The zero-order valence-electron chi connectivity index (χ0n) is 7.06. The van der Waals surface area contributed by atoms with Crippen LogP contribution in [0.2, 0.25) is 0 Å². The van der Waals surface area contributed by atoms with Gasteiger partial charge in [-0.15, -0.1) is 11.3 Å². The van der Waals surface area contributed by atoms with Crippen LogP contribution in [0.25, 0.3) is 10.8 Å². The van der Waals surface area contributed by atoms with Crippen molar-refractivity contribution >= 4 is 22.1 Å². The molecule has 0 aliphatic rings. The third-order valence-electron chi connectivity index (χ3n) is 2.01. The van der Waals surface area contributed by atoms with Crippen LogP contribution in [0.1, 0.15) is 10.4 Å². The molecule has 0 aliphatic carbocycles. The second-order valence-corrected chi connectivity index (χ2v) is 3.92. The summed E-state index contributed by atoms with van der Waals surface area (Å²) in [7, 11) is 0. The van der Waals surface area contributed by atoms with Gasteiger partial charge in [-0.3, -0.25) is 0 Å². The van der Waals surface area contributed by atoms with Gasteiger partial charge >= 0.3 is 6.18 Å². The molecule has 2 rings (SSSR count). The maximum Gasteiger partial charge on any atom is 0.416 e. The summed E-state index contributed by atoms with van der Waals surface area (Å²) in [5.74, 6) is 0. The van der Waals surface area contributed by atoms with Gasteiger partial charge in [0.25, 0.3) is 0 Å². The summed E-state index contributed by atoms with van der Waals surface area (Å²) in [6.07, 6.45) is -4.27. The average Bonchev–Trinajstić information content (AvgIpc) is 2.46. The maximum atomic E-state index is 12.3. The predicted molar refractivity (Wildman–Crippen MR) is 51.3 cm³/mol. The summed E-state index contributed by atoms with van der Waals surface area (Å²) in [5.41, 5.74) is -0.609. The summed E-state index contributed by atoms with van der Waals surface area (Å²) in [5, 5.41) is 3.09. The van der Waals surface area contributed by atoms with Gasteiger partial charge in [0.15, 0.2) is 0 Å². The summed E-state index contributed by atoms with van der Waals surface area (Å²) >= 11 is 1.36. The average molecular weight is 215 g/mol. The highest BCUT2D eigenvalue weighted by Crippen LogP contribution is 2.33. The number of rotatable bonds is 0. The quantitative estimate of drug-likeness (QED) is 0.620. The first-order valence-corrected chi connectivity index (χ1v) is 4.77. The third kappa shape index (κ3) is 1.50. The molecule has 1 radical (unpaired) electrons. The molecule has 0 bridgehead atoms. The van der Waals surface area contributed by atoms with Crippen molar-refractivity contribution in [2.75, 3.05) is 0 Å². The van der Waals surface area contributed by atoms with Crippen LogP contribution < -0.4 is 0 Å². The Morgan fingerprint density at radius 1 is 1.21 bits per heavy atom. The first-order valence-electron chi connectivity index (χ1n) is 3.89. The molecule has 0 N–H and O–H groups in total. The van der Waals surface area contributed by atoms with Crippen molar-refractivity contribution < 1.29 is 13.2 Å². The molecule has 73 valence electrons. The summed E-state index contributed by atoms with van der Waals surface area (Å²) in [6, 6.07) is 3.71. The molecular weight excluding hydrogens is 209 g/mol. The van der Waals surface area contributed by atoms with Crippen LogP contribution in [0.3, 0.4) is 0 Å². The van der Waals surface area contributed by atoms with Crippen molar-refractivity contribution in [1.29, 1.82) is 0 Å². The van der Waals surface area contributed by atoms with E-state index in [0.717, 1.165) is 22.4 Å². The monoisotopic (exact) mass is 215 g/mol. The first-order chi connectivity index (χ1) is 6.48. The predicted octanol–water partition coefficient (Wildman–Crippen LogP) is 4.10. The largest absolute Gasteiger partial charge is 0.416 e. The van der Waals surface area contributed by atoms with Crippen LogP contribution in [0, 0.1) is 6.92 Å². The van der Waals surface area contributed by atoms with E-state index in [2.05, 4.69) is 6.92 Å². The Bertz CT molecular complexity index is 468. The van der Waals surface area contributed by atoms with Gasteiger partial charge < -0.3 is 0 Å². The molecule has 0 saturated carbocycles. The van der Waals surface area contributed by atoms with Crippen molar-refractivity contribution in [2.24, 2.45) is 0 Å². The van der Waals surface area contributed by atoms with Crippen LogP contribution in [0.5, 0.6) is 0 Å². The van der Waals surface area contributed by atoms with Gasteiger partial charge in [-0.2, -0.15) is 13.2 Å². The first kappa shape index (κ1) is 9.52. The molecule has 0 saturated heterocycles. The lowest BCUT2D eigenvalue weighted by molar-refractivity contribution is -0.137. The van der Waals surface area contributed by atoms with Gasteiger partial charge in [-0.05, 0) is 35.2 Å². The van der Waals surface area contributed by atoms with E-state index in [1.165, 1.54) is 17.4 Å². The number of hydrogen-bond donors (Lipinski definition) is 0. The number of fused-ring (bicyclic) bond motifs is 1. The minimum atomic E-state index is -4.27. The number of halogens is 3. The van der Waals surface area contributed by atoms with Crippen LogP contribution in [0.4, 0.5) is 13.2 Å². The Labute approximate surface area is 83.0 Å². The molecule has 0 aliphatic heterocycles. The molecule has 0 nitrogen and oxygen atoms in total. The van der Waals surface area contributed by atoms with Gasteiger partial charge in [0.2, 0.25) is 0 Å². The van der Waals surface area contributed by atoms with E-state index >= 15 is 0 Å². The molecule has 4 heteroatoms. The zero-order chi connectivity index (χ0) is 10.3. The lowest BCUT2D eigenvalue weighted by Gasteiger charge is -2.05. The number of alkyl halides is 3. The molecular formula is C10H6F3S. The van der Waals surface area contributed by atoms with E-state index in [1.54, 1.807) is 5.38 Å². The molecule has 0 fully saturated rings. The molecule has 1 aromatic carbocycles. The van der Waals surface area contributed by atoms with Crippen molar-refractivity contribution in [1.82, 2.24) is 0 Å². The third-order valence-corrected chi connectivity index (χ3v) is 2.88. The second kappa shape index (κ2) is 2.98. The topological polar surface area (TPSA) is 0 Å². The molecule has 0 spiro atoms. The standard InChI is InChI=1S/C10H6F3S/c1-6-9-3-2-8(10(11,12)13)4-7(9)5-14-6/h2-5H,1H2. The SMILES string of the molecule is [CH2]c1scc2cc(C(F)(F)F)ccc12. The van der Waals surface area contributed by atoms with Crippen molar-refractivity contribution in [2.45, 2.75) is 6.18 Å². The minimum absolute atomic E-state index is 0.606. The fraction of sp³-hybridized carbons (Fsp3) is 0.100. The molecule has 0 amide bonds. The van der Waals surface area contributed by atoms with Crippen molar-refractivity contribution in [3.8, 4) is 0 Å². The highest BCUT2D eigenvalue weighted by Gasteiger charge is 2.30. The van der Waals surface area contributed by atoms with Gasteiger partial charge in [0.1, 0.15) is 0 Å². The smallest absolute Gasteiger partial charge is 0.166 e. The van der Waals surface area contributed by atoms with Crippen LogP contribution in [-0.4, -0.2) is 0 Å². The van der Waals surface area contributed by atoms with Crippen molar-refractivity contribution in [3.05, 3.63) is 40.9 Å². The number of hydrogen-bond acceptors (Lipinski definition) is 1. The molecule has 14 heavy (non-hydrogen) atoms. The molecule has 0 unspecified atom stereocenters. The Hall–Kier alpha value is -1.03. The Morgan fingerprint density at radius 2 is 1.93 bits per heavy atom. The highest BCUT2D eigenvalue weighted by molar-refractivity contribution is 7.11. The highest BCUT2D eigenvalue weighted by atomic mass is 32.1. The molecule has 0 atom stereocenters. The van der Waals surface area contributed by atoms with Crippen LogP contribution in [-0.2, 0) is 6.18 Å². The fourth-order valence-corrected chi connectivity index (χ4v) is 2.07. The Morgan fingerprint density at radius 3 is 2.57 bits per heavy atom. The summed E-state index contributed by atoms with van der Waals surface area (Å²) in [4.78, 5) is 0.800. The van der Waals surface area contributed by atoms with Crippen molar-refractivity contribution in [3.63, 3.8) is 0 Å². The fourth-order valence-electron chi connectivity index (χ4n) is 1.29.